The van der Waals surface area contributed by atoms with E-state index < -0.39 is 11.5 Å². The summed E-state index contributed by atoms with van der Waals surface area (Å²) in [4.78, 5) is 32.5. The highest BCUT2D eigenvalue weighted by molar-refractivity contribution is 5.93. The number of hydrogen-bond acceptors (Lipinski definition) is 6. The normalized spacial score (nSPS) is 23.4. The third-order valence-electron chi connectivity index (χ3n) is 4.61. The van der Waals surface area contributed by atoms with Gasteiger partial charge in [-0.15, -0.1) is 0 Å². The zero-order valence-electron chi connectivity index (χ0n) is 12.5. The van der Waals surface area contributed by atoms with E-state index in [0.29, 0.717) is 6.61 Å². The van der Waals surface area contributed by atoms with Gasteiger partial charge in [-0.1, -0.05) is 0 Å². The number of rotatable bonds is 2. The molecule has 4 heterocycles. The fourth-order valence-corrected chi connectivity index (χ4v) is 3.39. The molecule has 2 fully saturated rings. The summed E-state index contributed by atoms with van der Waals surface area (Å²) in [5.74, 6) is -0.185. The Bertz CT molecular complexity index is 791. The predicted octanol–water partition coefficient (Wildman–Crippen LogP) is -0.941. The Morgan fingerprint density at radius 2 is 2.22 bits per heavy atom. The van der Waals surface area contributed by atoms with E-state index in [-0.39, 0.29) is 23.0 Å². The first kappa shape index (κ1) is 14.3. The molecule has 1 atom stereocenters. The first-order valence-electron chi connectivity index (χ1n) is 7.74. The van der Waals surface area contributed by atoms with Crippen LogP contribution in [-0.4, -0.2) is 56.8 Å². The zero-order valence-corrected chi connectivity index (χ0v) is 12.5. The van der Waals surface area contributed by atoms with Crippen molar-refractivity contribution in [2.75, 3.05) is 19.7 Å². The molecule has 23 heavy (non-hydrogen) atoms. The van der Waals surface area contributed by atoms with Crippen molar-refractivity contribution in [2.45, 2.75) is 30.9 Å². The van der Waals surface area contributed by atoms with E-state index in [1.54, 1.807) is 0 Å². The lowest BCUT2D eigenvalue weighted by Crippen LogP contribution is -2.43. The molecule has 0 aliphatic carbocycles. The minimum Gasteiger partial charge on any atom is -0.373 e. The third kappa shape index (κ3) is 2.51. The van der Waals surface area contributed by atoms with E-state index in [1.807, 2.05) is 0 Å². The predicted molar refractivity (Wildman–Crippen MR) is 80.3 cm³/mol. The molecule has 2 saturated heterocycles. The second-order valence-corrected chi connectivity index (χ2v) is 6.12. The molecule has 0 aromatic carbocycles. The quantitative estimate of drug-likeness (QED) is 0.658. The molecule has 1 spiro atoms. The van der Waals surface area contributed by atoms with Crippen LogP contribution in [0.25, 0.3) is 5.78 Å². The van der Waals surface area contributed by atoms with Crippen molar-refractivity contribution >= 4 is 11.7 Å². The van der Waals surface area contributed by atoms with Crippen molar-refractivity contribution in [3.05, 3.63) is 28.4 Å². The SMILES string of the molecule is O=C(N[C@@H]1COC2(CCNCC2)C1)c1cnc2nc[nH]n2c1=O. The first-order valence-corrected chi connectivity index (χ1v) is 7.74. The monoisotopic (exact) mass is 318 g/mol. The van der Waals surface area contributed by atoms with Gasteiger partial charge in [-0.2, -0.15) is 4.52 Å². The summed E-state index contributed by atoms with van der Waals surface area (Å²) in [6.07, 6.45) is 5.30. The number of hydrogen-bond donors (Lipinski definition) is 3. The van der Waals surface area contributed by atoms with Gasteiger partial charge >= 0.3 is 0 Å². The number of aromatic nitrogens is 4. The Morgan fingerprint density at radius 1 is 1.39 bits per heavy atom. The first-order chi connectivity index (χ1) is 11.2. The summed E-state index contributed by atoms with van der Waals surface area (Å²) < 4.78 is 7.10. The lowest BCUT2D eigenvalue weighted by molar-refractivity contribution is -0.0194. The number of amides is 1. The highest BCUT2D eigenvalue weighted by Crippen LogP contribution is 2.33. The molecular weight excluding hydrogens is 300 g/mol. The minimum atomic E-state index is -0.458. The second kappa shape index (κ2) is 5.43. The molecular formula is C14H18N6O3. The molecule has 0 saturated carbocycles. The van der Waals surface area contributed by atoms with Crippen molar-refractivity contribution < 1.29 is 9.53 Å². The van der Waals surface area contributed by atoms with E-state index in [1.165, 1.54) is 12.5 Å². The fraction of sp³-hybridized carbons (Fsp3) is 0.571. The highest BCUT2D eigenvalue weighted by Gasteiger charge is 2.41. The van der Waals surface area contributed by atoms with Gasteiger partial charge in [0.05, 0.1) is 18.2 Å². The number of piperidine rings is 1. The highest BCUT2D eigenvalue weighted by atomic mass is 16.5. The fourth-order valence-electron chi connectivity index (χ4n) is 3.39. The Balaban J connectivity index is 1.49. The summed E-state index contributed by atoms with van der Waals surface area (Å²) in [5, 5.41) is 8.84. The van der Waals surface area contributed by atoms with Crippen molar-refractivity contribution in [3.63, 3.8) is 0 Å². The molecule has 9 heteroatoms. The minimum absolute atomic E-state index is 0.00184. The Morgan fingerprint density at radius 3 is 3.04 bits per heavy atom. The van der Waals surface area contributed by atoms with Crippen LogP contribution in [0.1, 0.15) is 29.6 Å². The van der Waals surface area contributed by atoms with Crippen LogP contribution in [0.5, 0.6) is 0 Å². The molecule has 0 unspecified atom stereocenters. The lowest BCUT2D eigenvalue weighted by Gasteiger charge is -2.32. The molecule has 3 N–H and O–H groups in total. The van der Waals surface area contributed by atoms with Gasteiger partial charge in [0.1, 0.15) is 11.9 Å². The molecule has 2 aromatic heterocycles. The van der Waals surface area contributed by atoms with E-state index in [9.17, 15) is 9.59 Å². The molecule has 0 radical (unpaired) electrons. The second-order valence-electron chi connectivity index (χ2n) is 6.12. The van der Waals surface area contributed by atoms with E-state index in [0.717, 1.165) is 36.9 Å². The third-order valence-corrected chi connectivity index (χ3v) is 4.61. The van der Waals surface area contributed by atoms with Gasteiger partial charge in [-0.05, 0) is 32.4 Å². The van der Waals surface area contributed by atoms with E-state index in [4.69, 9.17) is 4.74 Å². The number of nitrogens with one attached hydrogen (secondary N) is 3. The van der Waals surface area contributed by atoms with Crippen LogP contribution in [0.15, 0.2) is 17.3 Å². The largest absolute Gasteiger partial charge is 0.373 e. The topological polar surface area (TPSA) is 113 Å². The van der Waals surface area contributed by atoms with Gasteiger partial charge in [-0.3, -0.25) is 14.7 Å². The standard InChI is InChI=1S/C14H18N6O3/c21-11(10-6-16-13-17-8-18-20(13)12(10)22)19-9-5-14(23-7-9)1-3-15-4-2-14/h6,8-9,15H,1-5,7H2,(H,19,21)(H,16,17,18)/t9-/m0/s1. The van der Waals surface area contributed by atoms with Crippen LogP contribution in [0, 0.1) is 0 Å². The van der Waals surface area contributed by atoms with Crippen LogP contribution in [-0.2, 0) is 4.74 Å². The summed E-state index contributed by atoms with van der Waals surface area (Å²) >= 11 is 0. The maximum atomic E-state index is 12.4. The summed E-state index contributed by atoms with van der Waals surface area (Å²) in [7, 11) is 0. The Labute approximate surface area is 131 Å². The van der Waals surface area contributed by atoms with E-state index in [2.05, 4.69) is 25.7 Å². The lowest BCUT2D eigenvalue weighted by atomic mass is 9.88. The number of nitrogens with zero attached hydrogens (tertiary/aromatic N) is 3. The number of carbonyl (C=O) groups excluding carboxylic acids is 1. The van der Waals surface area contributed by atoms with Gasteiger partial charge in [0.2, 0.25) is 0 Å². The maximum Gasteiger partial charge on any atom is 0.286 e. The molecule has 4 rings (SSSR count). The smallest absolute Gasteiger partial charge is 0.286 e. The van der Waals surface area contributed by atoms with Gasteiger partial charge in [0, 0.05) is 6.20 Å². The van der Waals surface area contributed by atoms with E-state index >= 15 is 0 Å². The Hall–Kier alpha value is -2.26. The number of carbonyl (C=O) groups is 1. The molecule has 0 bridgehead atoms. The summed E-state index contributed by atoms with van der Waals surface area (Å²) in [6, 6.07) is -0.0811. The van der Waals surface area contributed by atoms with Gasteiger partial charge in [0.15, 0.2) is 0 Å². The van der Waals surface area contributed by atoms with Crippen molar-refractivity contribution in [2.24, 2.45) is 0 Å². The number of H-pyrrole nitrogens is 1. The number of ether oxygens (including phenoxy) is 1. The van der Waals surface area contributed by atoms with Gasteiger partial charge in [0.25, 0.3) is 17.2 Å². The summed E-state index contributed by atoms with van der Waals surface area (Å²) in [5.41, 5.74) is -0.595. The van der Waals surface area contributed by atoms with Crippen LogP contribution in [0.3, 0.4) is 0 Å². The van der Waals surface area contributed by atoms with Crippen molar-refractivity contribution in [1.29, 1.82) is 0 Å². The van der Waals surface area contributed by atoms with Crippen LogP contribution < -0.4 is 16.2 Å². The molecule has 122 valence electrons. The van der Waals surface area contributed by atoms with Gasteiger partial charge < -0.3 is 15.4 Å². The molecule has 2 aromatic rings. The van der Waals surface area contributed by atoms with Crippen molar-refractivity contribution in [1.82, 2.24) is 30.2 Å². The average Bonchev–Trinajstić information content (AvgIpc) is 3.16. The Kier molecular flexibility index (Phi) is 3.38. The molecule has 2 aliphatic rings. The molecule has 1 amide bonds. The average molecular weight is 318 g/mol. The van der Waals surface area contributed by atoms with Crippen LogP contribution in [0.4, 0.5) is 0 Å². The van der Waals surface area contributed by atoms with Crippen LogP contribution in [0.2, 0.25) is 0 Å². The number of fused-ring (bicyclic) bond motifs is 1. The van der Waals surface area contributed by atoms with Crippen molar-refractivity contribution in [3.8, 4) is 0 Å². The van der Waals surface area contributed by atoms with Gasteiger partial charge in [-0.25, -0.2) is 9.97 Å². The molecule has 2 aliphatic heterocycles. The summed E-state index contributed by atoms with van der Waals surface area (Å²) in [6.45, 7) is 2.34. The maximum absolute atomic E-state index is 12.4. The van der Waals surface area contributed by atoms with Crippen LogP contribution >= 0.6 is 0 Å². The number of aromatic amines is 1. The zero-order chi connectivity index (χ0) is 15.9. The molecule has 9 nitrogen and oxygen atoms in total.